The fraction of sp³-hybridized carbons (Fsp3) is 0.692. The molecule has 3 aliphatic carbocycles. The molecule has 2 nitrogen and oxygen atoms in total. The molecule has 1 heterocycles. The molecule has 0 aliphatic heterocycles. The van der Waals surface area contributed by atoms with Crippen LogP contribution in [0.15, 0.2) is 12.4 Å². The Morgan fingerprint density at radius 2 is 1.67 bits per heavy atom. The van der Waals surface area contributed by atoms with Crippen LogP contribution in [0.25, 0.3) is 0 Å². The van der Waals surface area contributed by atoms with E-state index in [0.29, 0.717) is 5.41 Å². The highest BCUT2D eigenvalue weighted by Gasteiger charge is 2.57. The number of hydrogen-bond acceptors (Lipinski definition) is 2. The predicted octanol–water partition coefficient (Wildman–Crippen LogP) is 2.83. The molecule has 0 N–H and O–H groups in total. The van der Waals surface area contributed by atoms with Gasteiger partial charge in [0.2, 0.25) is 0 Å². The van der Waals surface area contributed by atoms with E-state index in [2.05, 4.69) is 43.1 Å². The van der Waals surface area contributed by atoms with Crippen LogP contribution in [0.1, 0.15) is 51.4 Å². The normalized spacial score (nSPS) is 33.1. The van der Waals surface area contributed by atoms with Crippen molar-refractivity contribution >= 4 is 0 Å². The van der Waals surface area contributed by atoms with E-state index in [1.54, 1.807) is 0 Å². The SMILES string of the molecule is CC(C)(C)c1ncc(C23CC(C2)C3)cn1. The van der Waals surface area contributed by atoms with E-state index in [4.69, 9.17) is 0 Å². The molecule has 2 bridgehead atoms. The lowest BCUT2D eigenvalue weighted by Gasteiger charge is -2.62. The lowest BCUT2D eigenvalue weighted by Crippen LogP contribution is -2.55. The highest BCUT2D eigenvalue weighted by Crippen LogP contribution is 2.64. The van der Waals surface area contributed by atoms with Crippen molar-refractivity contribution in [1.82, 2.24) is 9.97 Å². The molecule has 3 fully saturated rings. The highest BCUT2D eigenvalue weighted by molar-refractivity contribution is 5.31. The molecule has 0 atom stereocenters. The summed E-state index contributed by atoms with van der Waals surface area (Å²) in [4.78, 5) is 9.02. The minimum atomic E-state index is 0.0674. The van der Waals surface area contributed by atoms with Crippen molar-refractivity contribution in [3.8, 4) is 0 Å². The van der Waals surface area contributed by atoms with Crippen molar-refractivity contribution in [2.75, 3.05) is 0 Å². The van der Waals surface area contributed by atoms with Crippen LogP contribution in [0.5, 0.6) is 0 Å². The Morgan fingerprint density at radius 3 is 2.00 bits per heavy atom. The van der Waals surface area contributed by atoms with Crippen molar-refractivity contribution in [2.45, 2.75) is 50.9 Å². The third-order valence-electron chi connectivity index (χ3n) is 3.97. The van der Waals surface area contributed by atoms with Crippen LogP contribution < -0.4 is 0 Å². The van der Waals surface area contributed by atoms with Crippen molar-refractivity contribution in [2.24, 2.45) is 5.92 Å². The molecule has 15 heavy (non-hydrogen) atoms. The van der Waals surface area contributed by atoms with Gasteiger partial charge in [-0.05, 0) is 36.2 Å². The first-order chi connectivity index (χ1) is 7.00. The van der Waals surface area contributed by atoms with Crippen molar-refractivity contribution < 1.29 is 0 Å². The second-order valence-electron chi connectivity index (χ2n) is 6.30. The van der Waals surface area contributed by atoms with Crippen LogP contribution in [-0.2, 0) is 10.8 Å². The van der Waals surface area contributed by atoms with Gasteiger partial charge in [0.25, 0.3) is 0 Å². The number of rotatable bonds is 1. The van der Waals surface area contributed by atoms with Crippen LogP contribution in [-0.4, -0.2) is 9.97 Å². The van der Waals surface area contributed by atoms with Gasteiger partial charge >= 0.3 is 0 Å². The minimum absolute atomic E-state index is 0.0674. The Bertz CT molecular complexity index is 369. The molecular formula is C13H18N2. The van der Waals surface area contributed by atoms with Crippen molar-refractivity contribution in [3.63, 3.8) is 0 Å². The molecule has 0 unspecified atom stereocenters. The van der Waals surface area contributed by atoms with Crippen LogP contribution in [0.3, 0.4) is 0 Å². The molecular weight excluding hydrogens is 184 g/mol. The van der Waals surface area contributed by atoms with Crippen molar-refractivity contribution in [1.29, 1.82) is 0 Å². The quantitative estimate of drug-likeness (QED) is 0.699. The number of aromatic nitrogens is 2. The van der Waals surface area contributed by atoms with Crippen LogP contribution in [0.4, 0.5) is 0 Å². The Morgan fingerprint density at radius 1 is 1.13 bits per heavy atom. The molecule has 1 aromatic rings. The zero-order valence-corrected chi connectivity index (χ0v) is 9.75. The summed E-state index contributed by atoms with van der Waals surface area (Å²) in [5.74, 6) is 1.98. The van der Waals surface area contributed by atoms with E-state index in [1.807, 2.05) is 0 Å². The monoisotopic (exact) mass is 202 g/mol. The molecule has 0 amide bonds. The zero-order chi connectivity index (χ0) is 10.7. The molecule has 0 spiro atoms. The Labute approximate surface area is 91.1 Å². The average Bonchev–Trinajstić information content (AvgIpc) is 1.97. The first-order valence-electron chi connectivity index (χ1n) is 5.83. The molecule has 3 aliphatic rings. The summed E-state index contributed by atoms with van der Waals surface area (Å²) < 4.78 is 0. The van der Waals surface area contributed by atoms with Gasteiger partial charge in [0.15, 0.2) is 0 Å². The third kappa shape index (κ3) is 1.23. The van der Waals surface area contributed by atoms with E-state index in [-0.39, 0.29) is 5.41 Å². The van der Waals surface area contributed by atoms with Crippen LogP contribution in [0, 0.1) is 5.92 Å². The van der Waals surface area contributed by atoms with E-state index in [0.717, 1.165) is 11.7 Å². The standard InChI is InChI=1S/C13H18N2/c1-12(2,3)11-14-7-10(8-15-11)13-4-9(5-13)6-13/h7-9H,4-6H2,1-3H3. The number of hydrogen-bond donors (Lipinski definition) is 0. The minimum Gasteiger partial charge on any atom is -0.241 e. The summed E-state index contributed by atoms with van der Waals surface area (Å²) in [6, 6.07) is 0. The number of nitrogens with zero attached hydrogens (tertiary/aromatic N) is 2. The molecule has 80 valence electrons. The average molecular weight is 202 g/mol. The van der Waals surface area contributed by atoms with Crippen LogP contribution in [0.2, 0.25) is 0 Å². The maximum absolute atomic E-state index is 4.51. The van der Waals surface area contributed by atoms with Crippen LogP contribution >= 0.6 is 0 Å². The van der Waals surface area contributed by atoms with Gasteiger partial charge in [0.05, 0.1) is 0 Å². The smallest absolute Gasteiger partial charge is 0.133 e. The highest BCUT2D eigenvalue weighted by atomic mass is 14.9. The predicted molar refractivity (Wildman–Crippen MR) is 59.8 cm³/mol. The summed E-state index contributed by atoms with van der Waals surface area (Å²) in [5, 5.41) is 0. The molecule has 1 aromatic heterocycles. The maximum atomic E-state index is 4.51. The van der Waals surface area contributed by atoms with Gasteiger partial charge in [-0.2, -0.15) is 0 Å². The largest absolute Gasteiger partial charge is 0.241 e. The molecule has 4 rings (SSSR count). The molecule has 0 radical (unpaired) electrons. The first-order valence-corrected chi connectivity index (χ1v) is 5.83. The van der Waals surface area contributed by atoms with Gasteiger partial charge in [-0.25, -0.2) is 9.97 Å². The lowest BCUT2D eigenvalue weighted by atomic mass is 9.42. The summed E-state index contributed by atoms with van der Waals surface area (Å²) in [5.41, 5.74) is 1.94. The second kappa shape index (κ2) is 2.60. The van der Waals surface area contributed by atoms with E-state index >= 15 is 0 Å². The van der Waals surface area contributed by atoms with E-state index < -0.39 is 0 Å². The topological polar surface area (TPSA) is 25.8 Å². The Kier molecular flexibility index (Phi) is 1.62. The maximum Gasteiger partial charge on any atom is 0.133 e. The van der Waals surface area contributed by atoms with Gasteiger partial charge in [0, 0.05) is 17.8 Å². The van der Waals surface area contributed by atoms with Gasteiger partial charge in [0.1, 0.15) is 5.82 Å². The molecule has 0 aromatic carbocycles. The zero-order valence-electron chi connectivity index (χ0n) is 9.75. The summed E-state index contributed by atoms with van der Waals surface area (Å²) >= 11 is 0. The Hall–Kier alpha value is -0.920. The Balaban J connectivity index is 1.88. The van der Waals surface area contributed by atoms with Gasteiger partial charge in [-0.15, -0.1) is 0 Å². The molecule has 3 saturated carbocycles. The van der Waals surface area contributed by atoms with E-state index in [1.165, 1.54) is 24.8 Å². The van der Waals surface area contributed by atoms with Gasteiger partial charge < -0.3 is 0 Å². The summed E-state index contributed by atoms with van der Waals surface area (Å²) in [6.07, 6.45) is 8.26. The fourth-order valence-corrected chi connectivity index (χ4v) is 2.82. The van der Waals surface area contributed by atoms with Crippen molar-refractivity contribution in [3.05, 3.63) is 23.8 Å². The summed E-state index contributed by atoms with van der Waals surface area (Å²) in [6.45, 7) is 6.47. The summed E-state index contributed by atoms with van der Waals surface area (Å²) in [7, 11) is 0. The van der Waals surface area contributed by atoms with E-state index in [9.17, 15) is 0 Å². The first kappa shape index (κ1) is 9.32. The fourth-order valence-electron chi connectivity index (χ4n) is 2.82. The second-order valence-corrected chi connectivity index (χ2v) is 6.30. The van der Waals surface area contributed by atoms with Gasteiger partial charge in [-0.3, -0.25) is 0 Å². The third-order valence-corrected chi connectivity index (χ3v) is 3.97. The molecule has 2 heteroatoms. The molecule has 0 saturated heterocycles. The lowest BCUT2D eigenvalue weighted by molar-refractivity contribution is -0.0279. The van der Waals surface area contributed by atoms with Gasteiger partial charge in [-0.1, -0.05) is 20.8 Å².